The number of rotatable bonds is 7. The quantitative estimate of drug-likeness (QED) is 0.434. The number of aryl methyl sites for hydroxylation is 1. The summed E-state index contributed by atoms with van der Waals surface area (Å²) in [5.74, 6) is -0.619. The lowest BCUT2D eigenvalue weighted by molar-refractivity contribution is -0.132. The minimum Gasteiger partial charge on any atom is -0.452 e. The summed E-state index contributed by atoms with van der Waals surface area (Å²) < 4.78 is 6.67. The van der Waals surface area contributed by atoms with Crippen molar-refractivity contribution in [2.45, 2.75) is 30.7 Å². The van der Waals surface area contributed by atoms with E-state index in [4.69, 9.17) is 4.74 Å². The van der Waals surface area contributed by atoms with E-state index in [9.17, 15) is 19.2 Å². The minimum absolute atomic E-state index is 0.120. The summed E-state index contributed by atoms with van der Waals surface area (Å²) in [5, 5.41) is 2.65. The summed E-state index contributed by atoms with van der Waals surface area (Å²) in [6.07, 6.45) is 1.75. The van der Waals surface area contributed by atoms with Crippen molar-refractivity contribution in [3.05, 3.63) is 70.3 Å². The molecule has 0 fully saturated rings. The van der Waals surface area contributed by atoms with Crippen LogP contribution in [0.2, 0.25) is 0 Å². The van der Waals surface area contributed by atoms with Gasteiger partial charge in [0.1, 0.15) is 5.82 Å². The molecule has 4 rings (SSSR count). The molecule has 2 amide bonds. The molecule has 0 saturated carbocycles. The third kappa shape index (κ3) is 5.05. The fraction of sp³-hybridized carbons (Fsp3) is 0.261. The van der Waals surface area contributed by atoms with Crippen LogP contribution in [0, 0.1) is 0 Å². The van der Waals surface area contributed by atoms with Gasteiger partial charge in [0.2, 0.25) is 5.91 Å². The number of nitrogens with zero attached hydrogens (tertiary/aromatic N) is 2. The van der Waals surface area contributed by atoms with Gasteiger partial charge in [-0.25, -0.2) is 9.78 Å². The fourth-order valence-corrected chi connectivity index (χ4v) is 4.33. The molecule has 9 heteroatoms. The number of hydrogen-bond donors (Lipinski definition) is 1. The topological polar surface area (TPSA) is 107 Å². The summed E-state index contributed by atoms with van der Waals surface area (Å²) in [4.78, 5) is 54.2. The number of imide groups is 1. The average Bonchev–Trinajstić information content (AvgIpc) is 3.27. The third-order valence-corrected chi connectivity index (χ3v) is 6.02. The van der Waals surface area contributed by atoms with E-state index in [1.807, 2.05) is 30.3 Å². The van der Waals surface area contributed by atoms with E-state index < -0.39 is 24.4 Å². The Morgan fingerprint density at radius 2 is 1.91 bits per heavy atom. The molecular weight excluding hydrogens is 430 g/mol. The zero-order valence-corrected chi connectivity index (χ0v) is 18.0. The van der Waals surface area contributed by atoms with Crippen LogP contribution in [0.15, 0.2) is 58.2 Å². The SMILES string of the molecule is O=C(CCSc1ccccc1)NC(=O)COC(=O)c1ccc2c(=O)n3c(nc2c1)CCC3. The fourth-order valence-electron chi connectivity index (χ4n) is 3.46. The van der Waals surface area contributed by atoms with Gasteiger partial charge in [-0.3, -0.25) is 24.3 Å². The van der Waals surface area contributed by atoms with E-state index in [-0.39, 0.29) is 17.5 Å². The number of carbonyl (C=O) groups excluding carboxylic acids is 3. The first-order valence-electron chi connectivity index (χ1n) is 10.2. The van der Waals surface area contributed by atoms with Crippen LogP contribution in [0.25, 0.3) is 10.9 Å². The highest BCUT2D eigenvalue weighted by Gasteiger charge is 2.18. The van der Waals surface area contributed by atoms with Gasteiger partial charge < -0.3 is 4.74 Å². The summed E-state index contributed by atoms with van der Waals surface area (Å²) in [6.45, 7) is 0.0778. The van der Waals surface area contributed by atoms with E-state index in [1.54, 1.807) is 10.6 Å². The monoisotopic (exact) mass is 451 g/mol. The van der Waals surface area contributed by atoms with Gasteiger partial charge in [-0.05, 0) is 36.8 Å². The lowest BCUT2D eigenvalue weighted by Crippen LogP contribution is -2.34. The van der Waals surface area contributed by atoms with Gasteiger partial charge in [0.15, 0.2) is 6.61 Å². The molecule has 2 aromatic carbocycles. The maximum Gasteiger partial charge on any atom is 0.338 e. The lowest BCUT2D eigenvalue weighted by Gasteiger charge is -2.08. The molecule has 2 heterocycles. The van der Waals surface area contributed by atoms with Crippen molar-refractivity contribution in [1.82, 2.24) is 14.9 Å². The van der Waals surface area contributed by atoms with E-state index in [2.05, 4.69) is 10.3 Å². The third-order valence-electron chi connectivity index (χ3n) is 5.01. The molecular formula is C23H21N3O5S. The van der Waals surface area contributed by atoms with Gasteiger partial charge in [0, 0.05) is 30.0 Å². The number of ether oxygens (including phenoxy) is 1. The van der Waals surface area contributed by atoms with Crippen molar-refractivity contribution >= 4 is 40.4 Å². The van der Waals surface area contributed by atoms with Crippen molar-refractivity contribution in [2.24, 2.45) is 0 Å². The second-order valence-corrected chi connectivity index (χ2v) is 8.45. The Morgan fingerprint density at radius 1 is 1.09 bits per heavy atom. The Hall–Kier alpha value is -3.46. The van der Waals surface area contributed by atoms with Gasteiger partial charge in [0.25, 0.3) is 11.5 Å². The standard InChI is InChI=1S/C23H21N3O5S/c27-20(10-12-32-16-5-2-1-3-6-16)25-21(28)14-31-23(30)15-8-9-17-18(13-15)24-19-7-4-11-26(19)22(17)29/h1-3,5-6,8-9,13H,4,7,10-12,14H2,(H,25,27,28). The highest BCUT2D eigenvalue weighted by atomic mass is 32.2. The van der Waals surface area contributed by atoms with Gasteiger partial charge in [-0.2, -0.15) is 0 Å². The maximum absolute atomic E-state index is 12.5. The molecule has 0 bridgehead atoms. The second kappa shape index (κ2) is 9.78. The molecule has 0 spiro atoms. The molecule has 1 aliphatic rings. The van der Waals surface area contributed by atoms with Crippen LogP contribution in [0.3, 0.4) is 0 Å². The van der Waals surface area contributed by atoms with E-state index >= 15 is 0 Å². The molecule has 1 N–H and O–H groups in total. The molecule has 0 unspecified atom stereocenters. The minimum atomic E-state index is -0.725. The number of amides is 2. The van der Waals surface area contributed by atoms with Gasteiger partial charge in [-0.1, -0.05) is 18.2 Å². The number of fused-ring (bicyclic) bond motifs is 2. The highest BCUT2D eigenvalue weighted by Crippen LogP contribution is 2.18. The number of thioether (sulfide) groups is 1. The molecule has 164 valence electrons. The lowest BCUT2D eigenvalue weighted by atomic mass is 10.1. The van der Waals surface area contributed by atoms with Gasteiger partial charge in [-0.15, -0.1) is 11.8 Å². The smallest absolute Gasteiger partial charge is 0.338 e. The van der Waals surface area contributed by atoms with Crippen LogP contribution in [-0.2, 0) is 27.3 Å². The summed E-state index contributed by atoms with van der Waals surface area (Å²) in [6, 6.07) is 14.1. The number of hydrogen-bond acceptors (Lipinski definition) is 7. The Bertz CT molecular complexity index is 1240. The molecule has 0 radical (unpaired) electrons. The van der Waals surface area contributed by atoms with Crippen molar-refractivity contribution in [2.75, 3.05) is 12.4 Å². The normalized spacial score (nSPS) is 12.4. The zero-order chi connectivity index (χ0) is 22.5. The van der Waals surface area contributed by atoms with E-state index in [0.717, 1.165) is 17.7 Å². The summed E-state index contributed by atoms with van der Waals surface area (Å²) >= 11 is 1.51. The first kappa shape index (κ1) is 21.8. The molecule has 8 nitrogen and oxygen atoms in total. The van der Waals surface area contributed by atoms with Gasteiger partial charge >= 0.3 is 5.97 Å². The van der Waals surface area contributed by atoms with Crippen molar-refractivity contribution < 1.29 is 19.1 Å². The van der Waals surface area contributed by atoms with E-state index in [0.29, 0.717) is 29.0 Å². The van der Waals surface area contributed by atoms with Crippen molar-refractivity contribution in [1.29, 1.82) is 0 Å². The number of carbonyl (C=O) groups is 3. The van der Waals surface area contributed by atoms with E-state index in [1.165, 1.54) is 23.9 Å². The average molecular weight is 452 g/mol. The molecule has 32 heavy (non-hydrogen) atoms. The number of esters is 1. The van der Waals surface area contributed by atoms with Crippen molar-refractivity contribution in [3.8, 4) is 0 Å². The first-order valence-corrected chi connectivity index (χ1v) is 11.2. The van der Waals surface area contributed by atoms with Gasteiger partial charge in [0.05, 0.1) is 16.5 Å². The summed E-state index contributed by atoms with van der Waals surface area (Å²) in [7, 11) is 0. The number of nitrogens with one attached hydrogen (secondary N) is 1. The summed E-state index contributed by atoms with van der Waals surface area (Å²) in [5.41, 5.74) is 0.490. The largest absolute Gasteiger partial charge is 0.452 e. The Morgan fingerprint density at radius 3 is 2.72 bits per heavy atom. The Labute approximate surface area is 188 Å². The number of aromatic nitrogens is 2. The number of benzene rings is 2. The molecule has 1 aliphatic heterocycles. The van der Waals surface area contributed by atoms with Crippen molar-refractivity contribution in [3.63, 3.8) is 0 Å². The first-order chi connectivity index (χ1) is 15.5. The molecule has 0 atom stereocenters. The predicted octanol–water partition coefficient (Wildman–Crippen LogP) is 2.32. The molecule has 1 aromatic heterocycles. The van der Waals surface area contributed by atoms with Crippen LogP contribution in [0.5, 0.6) is 0 Å². The molecule has 3 aromatic rings. The maximum atomic E-state index is 12.5. The van der Waals surface area contributed by atoms with Crippen LogP contribution in [0.4, 0.5) is 0 Å². The zero-order valence-electron chi connectivity index (χ0n) is 17.2. The molecule has 0 saturated heterocycles. The highest BCUT2D eigenvalue weighted by molar-refractivity contribution is 7.99. The predicted molar refractivity (Wildman–Crippen MR) is 120 cm³/mol. The van der Waals surface area contributed by atoms with Crippen LogP contribution < -0.4 is 10.9 Å². The van der Waals surface area contributed by atoms with Crippen LogP contribution >= 0.6 is 11.8 Å². The Balaban J connectivity index is 1.28. The second-order valence-electron chi connectivity index (χ2n) is 7.28. The Kier molecular flexibility index (Phi) is 6.65. The van der Waals surface area contributed by atoms with Crippen LogP contribution in [0.1, 0.15) is 29.0 Å². The molecule has 0 aliphatic carbocycles. The van der Waals surface area contributed by atoms with Crippen LogP contribution in [-0.4, -0.2) is 39.7 Å².